The highest BCUT2D eigenvalue weighted by Crippen LogP contribution is 2.22. The number of aliphatic hydroxyl groups excluding tert-OH is 1. The van der Waals surface area contributed by atoms with Crippen LogP contribution in [0.1, 0.15) is 38.2 Å². The number of likely N-dealkylation sites (tertiary alicyclic amines) is 1. The van der Waals surface area contributed by atoms with Gasteiger partial charge in [0.05, 0.1) is 12.1 Å². The fourth-order valence-electron chi connectivity index (χ4n) is 4.60. The Labute approximate surface area is 218 Å². The number of carboxylic acid groups (broad SMARTS) is 1. The van der Waals surface area contributed by atoms with Crippen LogP contribution in [0, 0.1) is 0 Å². The van der Waals surface area contributed by atoms with Gasteiger partial charge in [-0.2, -0.15) is 0 Å². The van der Waals surface area contributed by atoms with Crippen LogP contribution in [-0.2, 0) is 30.4 Å². The zero-order chi connectivity index (χ0) is 28.0. The second-order valence-corrected chi connectivity index (χ2v) is 9.49. The third kappa shape index (κ3) is 6.86. The summed E-state index contributed by atoms with van der Waals surface area (Å²) in [5, 5.41) is 25.1. The zero-order valence-corrected chi connectivity index (χ0v) is 21.1. The number of hydrogen-bond donors (Lipinski definition) is 7. The van der Waals surface area contributed by atoms with E-state index in [-0.39, 0.29) is 19.3 Å². The normalized spacial score (nSPS) is 18.4. The highest BCUT2D eigenvalue weighted by molar-refractivity contribution is 5.95. The number of carboxylic acids is 1. The number of primary amides is 1. The first kappa shape index (κ1) is 28.6. The number of rotatable bonds is 12. The average Bonchev–Trinajstić information content (AvgIpc) is 3.51. The lowest BCUT2D eigenvalue weighted by Gasteiger charge is -2.29. The Morgan fingerprint density at radius 3 is 2.55 bits per heavy atom. The third-order valence-electron chi connectivity index (χ3n) is 6.63. The van der Waals surface area contributed by atoms with Gasteiger partial charge in [-0.25, -0.2) is 4.79 Å². The lowest BCUT2D eigenvalue weighted by Crippen LogP contribution is -2.59. The molecule has 5 unspecified atom stereocenters. The van der Waals surface area contributed by atoms with E-state index in [9.17, 15) is 34.2 Å². The summed E-state index contributed by atoms with van der Waals surface area (Å²) in [6.45, 7) is 1.57. The van der Waals surface area contributed by atoms with Gasteiger partial charge < -0.3 is 42.2 Å². The van der Waals surface area contributed by atoms with Gasteiger partial charge in [-0.1, -0.05) is 18.2 Å². The topological polar surface area (TPSA) is 221 Å². The van der Waals surface area contributed by atoms with Crippen molar-refractivity contribution in [1.82, 2.24) is 20.5 Å². The molecule has 5 atom stereocenters. The molecule has 1 aromatic heterocycles. The first-order chi connectivity index (χ1) is 18.0. The van der Waals surface area contributed by atoms with Crippen molar-refractivity contribution in [1.29, 1.82) is 0 Å². The number of carbonyl (C=O) groups is 5. The molecule has 1 aromatic carbocycles. The molecule has 1 fully saturated rings. The van der Waals surface area contributed by atoms with Crippen LogP contribution in [0.2, 0.25) is 0 Å². The number of nitrogens with zero attached hydrogens (tertiary/aromatic N) is 1. The van der Waals surface area contributed by atoms with E-state index in [1.807, 2.05) is 24.3 Å². The van der Waals surface area contributed by atoms with Crippen LogP contribution in [0.25, 0.3) is 10.9 Å². The quantitative estimate of drug-likeness (QED) is 0.175. The summed E-state index contributed by atoms with van der Waals surface area (Å²) in [7, 11) is 0. The number of carbonyl (C=O) groups excluding carboxylic acids is 4. The molecule has 0 spiro atoms. The Morgan fingerprint density at radius 2 is 1.89 bits per heavy atom. The Bertz CT molecular complexity index is 1200. The Balaban J connectivity index is 1.65. The lowest BCUT2D eigenvalue weighted by molar-refractivity contribution is -0.144. The number of hydrogen-bond acceptors (Lipinski definition) is 7. The number of fused-ring (bicyclic) bond motifs is 1. The predicted octanol–water partition coefficient (Wildman–Crippen LogP) is -1.27. The Kier molecular flexibility index (Phi) is 9.42. The first-order valence-corrected chi connectivity index (χ1v) is 12.4. The van der Waals surface area contributed by atoms with Gasteiger partial charge in [-0.3, -0.25) is 19.2 Å². The van der Waals surface area contributed by atoms with Crippen LogP contribution in [0.3, 0.4) is 0 Å². The molecule has 0 radical (unpaired) electrons. The molecule has 38 heavy (non-hydrogen) atoms. The Morgan fingerprint density at radius 1 is 1.18 bits per heavy atom. The number of benzene rings is 1. The standard InChI is InChI=1S/C25H34N6O7/c1-13(32)21(23(35)29-18(25(37)38)8-9-20(27)33)30-22(34)19-7-4-10-31(19)24(36)16(26)11-14-12-28-17-6-3-2-5-15(14)17/h2-3,5-6,12-13,16,18-19,21,28,32H,4,7-11,26H2,1H3,(H2,27,33)(H,29,35)(H,30,34)(H,37,38). The number of aromatic nitrogens is 1. The van der Waals surface area contributed by atoms with Crippen LogP contribution >= 0.6 is 0 Å². The molecule has 9 N–H and O–H groups in total. The molecule has 3 rings (SSSR count). The van der Waals surface area contributed by atoms with Crippen molar-refractivity contribution in [2.45, 2.75) is 69.3 Å². The summed E-state index contributed by atoms with van der Waals surface area (Å²) in [4.78, 5) is 66.0. The number of aromatic amines is 1. The highest BCUT2D eigenvalue weighted by atomic mass is 16.4. The Hall–Kier alpha value is -3.97. The molecule has 0 bridgehead atoms. The van der Waals surface area contributed by atoms with Gasteiger partial charge in [0.1, 0.15) is 18.1 Å². The van der Waals surface area contributed by atoms with Gasteiger partial charge in [0.15, 0.2) is 0 Å². The number of nitrogens with two attached hydrogens (primary N) is 2. The molecule has 1 saturated heterocycles. The van der Waals surface area contributed by atoms with Crippen LogP contribution in [0.5, 0.6) is 0 Å². The number of amides is 4. The first-order valence-electron chi connectivity index (χ1n) is 12.4. The minimum absolute atomic E-state index is 0.254. The van der Waals surface area contributed by atoms with E-state index in [0.717, 1.165) is 16.5 Å². The molecule has 0 aliphatic carbocycles. The number of para-hydroxylation sites is 1. The highest BCUT2D eigenvalue weighted by Gasteiger charge is 2.39. The van der Waals surface area contributed by atoms with Crippen molar-refractivity contribution in [3.63, 3.8) is 0 Å². The molecule has 1 aliphatic rings. The van der Waals surface area contributed by atoms with Gasteiger partial charge in [0.25, 0.3) is 0 Å². The molecule has 1 aliphatic heterocycles. The molecule has 2 aromatic rings. The van der Waals surface area contributed by atoms with E-state index in [1.165, 1.54) is 11.8 Å². The summed E-state index contributed by atoms with van der Waals surface area (Å²) in [5.74, 6) is -4.16. The van der Waals surface area contributed by atoms with Crippen LogP contribution in [0.15, 0.2) is 30.5 Å². The van der Waals surface area contributed by atoms with E-state index in [1.54, 1.807) is 6.20 Å². The molecular formula is C25H34N6O7. The van der Waals surface area contributed by atoms with E-state index >= 15 is 0 Å². The second-order valence-electron chi connectivity index (χ2n) is 9.49. The van der Waals surface area contributed by atoms with Crippen LogP contribution < -0.4 is 22.1 Å². The molecular weight excluding hydrogens is 496 g/mol. The smallest absolute Gasteiger partial charge is 0.326 e. The monoisotopic (exact) mass is 530 g/mol. The van der Waals surface area contributed by atoms with Crippen molar-refractivity contribution in [3.05, 3.63) is 36.0 Å². The minimum Gasteiger partial charge on any atom is -0.480 e. The third-order valence-corrected chi connectivity index (χ3v) is 6.63. The van der Waals surface area contributed by atoms with Crippen LogP contribution in [-0.4, -0.2) is 86.5 Å². The van der Waals surface area contributed by atoms with Crippen LogP contribution in [0.4, 0.5) is 0 Å². The SMILES string of the molecule is CC(O)C(NC(=O)C1CCCN1C(=O)C(N)Cc1c[nH]c2ccccc12)C(=O)NC(CCC(N)=O)C(=O)O. The number of nitrogens with one attached hydrogen (secondary N) is 3. The van der Waals surface area contributed by atoms with E-state index < -0.39 is 59.9 Å². The number of H-pyrrole nitrogens is 1. The molecule has 4 amide bonds. The molecule has 13 heteroatoms. The lowest BCUT2D eigenvalue weighted by atomic mass is 10.0. The van der Waals surface area contributed by atoms with E-state index in [4.69, 9.17) is 11.5 Å². The van der Waals surface area contributed by atoms with E-state index in [0.29, 0.717) is 19.4 Å². The largest absolute Gasteiger partial charge is 0.480 e. The molecule has 13 nitrogen and oxygen atoms in total. The maximum Gasteiger partial charge on any atom is 0.326 e. The zero-order valence-electron chi connectivity index (χ0n) is 21.1. The fraction of sp³-hybridized carbons (Fsp3) is 0.480. The van der Waals surface area contributed by atoms with Gasteiger partial charge in [-0.05, 0) is 44.2 Å². The van der Waals surface area contributed by atoms with Crippen molar-refractivity contribution >= 4 is 40.5 Å². The van der Waals surface area contributed by atoms with E-state index in [2.05, 4.69) is 15.6 Å². The van der Waals surface area contributed by atoms with Gasteiger partial charge >= 0.3 is 5.97 Å². The number of aliphatic hydroxyl groups is 1. The molecule has 0 saturated carbocycles. The maximum atomic E-state index is 13.2. The predicted molar refractivity (Wildman–Crippen MR) is 136 cm³/mol. The van der Waals surface area contributed by atoms with Crippen molar-refractivity contribution in [2.24, 2.45) is 11.5 Å². The summed E-state index contributed by atoms with van der Waals surface area (Å²) >= 11 is 0. The summed E-state index contributed by atoms with van der Waals surface area (Å²) in [5.41, 5.74) is 13.1. The molecule has 206 valence electrons. The number of aliphatic carboxylic acids is 1. The van der Waals surface area contributed by atoms with Crippen molar-refractivity contribution in [2.75, 3.05) is 6.54 Å². The van der Waals surface area contributed by atoms with Gasteiger partial charge in [0, 0.05) is 30.1 Å². The summed E-state index contributed by atoms with van der Waals surface area (Å²) < 4.78 is 0. The molecule has 2 heterocycles. The summed E-state index contributed by atoms with van der Waals surface area (Å²) in [6, 6.07) is 2.88. The second kappa shape index (κ2) is 12.5. The van der Waals surface area contributed by atoms with Gasteiger partial charge in [-0.15, -0.1) is 0 Å². The maximum absolute atomic E-state index is 13.2. The average molecular weight is 531 g/mol. The minimum atomic E-state index is -1.49. The summed E-state index contributed by atoms with van der Waals surface area (Å²) in [6.07, 6.45) is 1.03. The fourth-order valence-corrected chi connectivity index (χ4v) is 4.60. The van der Waals surface area contributed by atoms with Crippen molar-refractivity contribution < 1.29 is 34.2 Å². The van der Waals surface area contributed by atoms with Gasteiger partial charge in [0.2, 0.25) is 23.6 Å². The van der Waals surface area contributed by atoms with Crippen molar-refractivity contribution in [3.8, 4) is 0 Å².